The van der Waals surface area contributed by atoms with Crippen LogP contribution in [0.15, 0.2) is 60.0 Å². The van der Waals surface area contributed by atoms with Crippen LogP contribution in [0, 0.1) is 0 Å². The molecule has 1 aromatic heterocycles. The molecule has 1 heterocycles. The van der Waals surface area contributed by atoms with Gasteiger partial charge in [0.1, 0.15) is 6.33 Å². The molecule has 0 saturated heterocycles. The quantitative estimate of drug-likeness (QED) is 0.169. The van der Waals surface area contributed by atoms with Gasteiger partial charge in [0.25, 0.3) is 0 Å². The Morgan fingerprint density at radius 3 is 1.88 bits per heavy atom. The smallest absolute Gasteiger partial charge is 0.116 e. The summed E-state index contributed by atoms with van der Waals surface area (Å²) in [6, 6.07) is 9.88. The molecule has 41 heavy (non-hydrogen) atoms. The van der Waals surface area contributed by atoms with Crippen LogP contribution in [0.4, 0.5) is 0 Å². The average Bonchev–Trinajstić information content (AvgIpc) is 2.93. The van der Waals surface area contributed by atoms with Crippen molar-refractivity contribution in [1.82, 2.24) is 9.97 Å². The predicted octanol–water partition coefficient (Wildman–Crippen LogP) is 10.2. The number of allylic oxidation sites excluding steroid dienone is 2. The molecule has 4 aromatic carbocycles. The fraction of sp³-hybridized carbons (Fsp3) is 0.342. The van der Waals surface area contributed by atoms with Crippen LogP contribution in [0.5, 0.6) is 0 Å². The van der Waals surface area contributed by atoms with Crippen LogP contribution in [0.1, 0.15) is 108 Å². The van der Waals surface area contributed by atoms with E-state index >= 15 is 0 Å². The van der Waals surface area contributed by atoms with Gasteiger partial charge in [-0.05, 0) is 103 Å². The Hall–Kier alpha value is -3.85. The highest BCUT2D eigenvalue weighted by Gasteiger charge is 2.40. The van der Waals surface area contributed by atoms with Crippen LogP contribution in [-0.4, -0.2) is 16.2 Å². The lowest BCUT2D eigenvalue weighted by molar-refractivity contribution is 0.637. The minimum atomic E-state index is -0.241. The first-order chi connectivity index (χ1) is 19.4. The van der Waals surface area contributed by atoms with E-state index in [-0.39, 0.29) is 10.8 Å². The molecule has 0 spiro atoms. The Labute approximate surface area is 243 Å². The molecular weight excluding hydrogens is 498 g/mol. The highest BCUT2D eigenvalue weighted by molar-refractivity contribution is 6.31. The van der Waals surface area contributed by atoms with Crippen molar-refractivity contribution in [3.05, 3.63) is 88.4 Å². The van der Waals surface area contributed by atoms with Crippen LogP contribution < -0.4 is 0 Å². The van der Waals surface area contributed by atoms with Gasteiger partial charge in [-0.3, -0.25) is 4.99 Å². The number of rotatable bonds is 4. The largest absolute Gasteiger partial charge is 0.261 e. The molecule has 0 unspecified atom stereocenters. The van der Waals surface area contributed by atoms with Crippen LogP contribution in [0.2, 0.25) is 0 Å². The van der Waals surface area contributed by atoms with Crippen LogP contribution >= 0.6 is 0 Å². The van der Waals surface area contributed by atoms with Crippen molar-refractivity contribution in [2.45, 2.75) is 85.0 Å². The molecule has 0 atom stereocenters. The van der Waals surface area contributed by atoms with Crippen molar-refractivity contribution in [1.29, 1.82) is 0 Å². The van der Waals surface area contributed by atoms with E-state index in [0.717, 1.165) is 11.4 Å². The summed E-state index contributed by atoms with van der Waals surface area (Å²) in [5.41, 5.74) is 12.0. The van der Waals surface area contributed by atoms with Gasteiger partial charge in [-0.1, -0.05) is 68.0 Å². The Bertz CT molecular complexity index is 2010. The topological polar surface area (TPSA) is 38.1 Å². The summed E-state index contributed by atoms with van der Waals surface area (Å²) in [6.45, 7) is 24.9. The lowest BCUT2D eigenvalue weighted by atomic mass is 9.64. The van der Waals surface area contributed by atoms with Crippen LogP contribution in [0.3, 0.4) is 0 Å². The number of nitrogens with zero attached hydrogens (tertiary/aromatic N) is 3. The van der Waals surface area contributed by atoms with Gasteiger partial charge in [0, 0.05) is 39.9 Å². The van der Waals surface area contributed by atoms with Gasteiger partial charge in [-0.15, -0.1) is 0 Å². The maximum Gasteiger partial charge on any atom is 0.116 e. The highest BCUT2D eigenvalue weighted by Crippen LogP contribution is 2.57. The molecule has 3 heteroatoms. The average molecular weight is 538 g/mol. The summed E-state index contributed by atoms with van der Waals surface area (Å²) in [4.78, 5) is 14.4. The fourth-order valence-corrected chi connectivity index (χ4v) is 7.93. The molecule has 2 aliphatic carbocycles. The van der Waals surface area contributed by atoms with E-state index in [0.29, 0.717) is 11.8 Å². The second kappa shape index (κ2) is 8.35. The third kappa shape index (κ3) is 3.13. The van der Waals surface area contributed by atoms with Crippen molar-refractivity contribution < 1.29 is 0 Å². The summed E-state index contributed by atoms with van der Waals surface area (Å²) in [7, 11) is 0. The third-order valence-corrected chi connectivity index (χ3v) is 10.0. The molecule has 0 bridgehead atoms. The first kappa shape index (κ1) is 26.1. The van der Waals surface area contributed by atoms with Gasteiger partial charge in [-0.25, -0.2) is 9.97 Å². The van der Waals surface area contributed by atoms with E-state index < -0.39 is 0 Å². The standard InChI is InChI=1S/C38H39N3/c1-11-27-35(40-12-2)25-13-21(19(3)4)24-16-29-32-26(36-30(38(29,9)10)17-39-18-41-36)14-22(20(5)6)23-15-28(37(27,7)8)31(25)33(24)34(23)32/h11-20H,1H2,2-10H3. The lowest BCUT2D eigenvalue weighted by Gasteiger charge is -2.39. The normalized spacial score (nSPS) is 17.1. The summed E-state index contributed by atoms with van der Waals surface area (Å²) in [5, 5.41) is 8.20. The number of aliphatic imine (C=N–C) groups is 1. The number of hydrogen-bond acceptors (Lipinski definition) is 3. The van der Waals surface area contributed by atoms with E-state index in [1.807, 2.05) is 25.4 Å². The second-order valence-corrected chi connectivity index (χ2v) is 13.7. The summed E-state index contributed by atoms with van der Waals surface area (Å²) >= 11 is 0. The zero-order valence-electron chi connectivity index (χ0n) is 25.8. The lowest BCUT2D eigenvalue weighted by Crippen LogP contribution is -2.27. The number of hydrogen-bond donors (Lipinski definition) is 0. The molecule has 0 N–H and O–H groups in total. The maximum absolute atomic E-state index is 5.02. The molecule has 5 aromatic rings. The molecule has 7 rings (SSSR count). The van der Waals surface area contributed by atoms with Crippen molar-refractivity contribution in [2.24, 2.45) is 4.99 Å². The molecule has 206 valence electrons. The Morgan fingerprint density at radius 2 is 1.32 bits per heavy atom. The molecule has 0 radical (unpaired) electrons. The maximum atomic E-state index is 5.02. The highest BCUT2D eigenvalue weighted by atomic mass is 14.8. The summed E-state index contributed by atoms with van der Waals surface area (Å²) in [6.07, 6.45) is 7.70. The summed E-state index contributed by atoms with van der Waals surface area (Å²) in [5.74, 6) is 0.712. The molecule has 0 amide bonds. The van der Waals surface area contributed by atoms with Gasteiger partial charge in [0.05, 0.1) is 11.4 Å². The van der Waals surface area contributed by atoms with Crippen molar-refractivity contribution >= 4 is 44.2 Å². The minimum absolute atomic E-state index is 0.227. The number of benzene rings is 4. The van der Waals surface area contributed by atoms with Crippen molar-refractivity contribution in [3.8, 4) is 11.3 Å². The zero-order valence-corrected chi connectivity index (χ0v) is 25.8. The van der Waals surface area contributed by atoms with Crippen molar-refractivity contribution in [3.63, 3.8) is 0 Å². The van der Waals surface area contributed by atoms with Crippen LogP contribution in [0.25, 0.3) is 49.3 Å². The Kier molecular flexibility index (Phi) is 5.31. The fourth-order valence-electron chi connectivity index (χ4n) is 7.93. The number of aromatic nitrogens is 2. The van der Waals surface area contributed by atoms with E-state index in [2.05, 4.69) is 91.2 Å². The molecule has 0 saturated carbocycles. The number of fused-ring (bicyclic) bond motifs is 2. The van der Waals surface area contributed by atoms with Gasteiger partial charge in [0.2, 0.25) is 0 Å². The minimum Gasteiger partial charge on any atom is -0.261 e. The Morgan fingerprint density at radius 1 is 0.756 bits per heavy atom. The summed E-state index contributed by atoms with van der Waals surface area (Å²) < 4.78 is 0. The van der Waals surface area contributed by atoms with Crippen LogP contribution in [-0.2, 0) is 10.8 Å². The van der Waals surface area contributed by atoms with Crippen molar-refractivity contribution in [2.75, 3.05) is 0 Å². The van der Waals surface area contributed by atoms with E-state index in [4.69, 9.17) is 9.98 Å². The predicted molar refractivity (Wildman–Crippen MR) is 176 cm³/mol. The molecule has 0 fully saturated rings. The van der Waals surface area contributed by atoms with Gasteiger partial charge >= 0.3 is 0 Å². The molecule has 3 nitrogen and oxygen atoms in total. The van der Waals surface area contributed by atoms with E-state index in [1.54, 1.807) is 6.33 Å². The monoisotopic (exact) mass is 537 g/mol. The first-order valence-corrected chi connectivity index (χ1v) is 15.0. The van der Waals surface area contributed by atoms with Gasteiger partial charge in [0.15, 0.2) is 0 Å². The second-order valence-electron chi connectivity index (χ2n) is 13.7. The van der Waals surface area contributed by atoms with Gasteiger partial charge in [-0.2, -0.15) is 0 Å². The molecule has 0 aliphatic heterocycles. The van der Waals surface area contributed by atoms with Gasteiger partial charge < -0.3 is 0 Å². The van der Waals surface area contributed by atoms with E-state index in [9.17, 15) is 0 Å². The Balaban J connectivity index is 1.85. The zero-order chi connectivity index (χ0) is 29.2. The van der Waals surface area contributed by atoms with E-state index in [1.165, 1.54) is 76.8 Å². The first-order valence-electron chi connectivity index (χ1n) is 15.0. The molecule has 2 aliphatic rings. The third-order valence-electron chi connectivity index (χ3n) is 10.0. The molecular formula is C38H39N3. The SMILES string of the molecule is C=CC1=C(N=CC)c2cc(C(C)C)c3cc4c5c(cc(C(C)C)c6cc(c2c3c65)C1(C)C)-c1ncncc1C4(C)C.